The van der Waals surface area contributed by atoms with Gasteiger partial charge in [-0.05, 0) is 37.8 Å². The van der Waals surface area contributed by atoms with Crippen LogP contribution in [0.25, 0.3) is 11.4 Å². The summed E-state index contributed by atoms with van der Waals surface area (Å²) in [7, 11) is 0. The van der Waals surface area contributed by atoms with Crippen molar-refractivity contribution in [2.75, 3.05) is 11.9 Å². The molecule has 29 heavy (non-hydrogen) atoms. The Hall–Kier alpha value is -3.23. The van der Waals surface area contributed by atoms with E-state index >= 15 is 0 Å². The molecule has 3 N–H and O–H groups in total. The van der Waals surface area contributed by atoms with Gasteiger partial charge in [0.05, 0.1) is 0 Å². The Kier molecular flexibility index (Phi) is 4.11. The van der Waals surface area contributed by atoms with Crippen molar-refractivity contribution in [3.63, 3.8) is 0 Å². The van der Waals surface area contributed by atoms with Gasteiger partial charge in [-0.3, -0.25) is 19.6 Å². The molecule has 1 aromatic heterocycles. The molecular weight excluding hydrogens is 372 g/mol. The van der Waals surface area contributed by atoms with Gasteiger partial charge in [-0.25, -0.2) is 9.78 Å². The van der Waals surface area contributed by atoms with Crippen LogP contribution in [0.5, 0.6) is 0 Å². The Balaban J connectivity index is 1.26. The van der Waals surface area contributed by atoms with E-state index in [-0.39, 0.29) is 12.5 Å². The number of imide groups is 1. The number of nitrogens with one attached hydrogen (secondary N) is 3. The Morgan fingerprint density at radius 2 is 2.03 bits per heavy atom. The van der Waals surface area contributed by atoms with Crippen molar-refractivity contribution in [1.29, 1.82) is 0 Å². The number of carbonyl (C=O) groups excluding carboxylic acids is 3. The van der Waals surface area contributed by atoms with Gasteiger partial charge >= 0.3 is 6.03 Å². The second-order valence-corrected chi connectivity index (χ2v) is 8.06. The summed E-state index contributed by atoms with van der Waals surface area (Å²) in [5, 5.41) is 12.8. The zero-order valence-corrected chi connectivity index (χ0v) is 15.9. The predicted octanol–water partition coefficient (Wildman–Crippen LogP) is 2.15. The van der Waals surface area contributed by atoms with E-state index in [0.29, 0.717) is 30.3 Å². The molecule has 1 spiro atoms. The fourth-order valence-electron chi connectivity index (χ4n) is 4.16. The molecule has 150 valence electrons. The highest BCUT2D eigenvalue weighted by atomic mass is 16.2. The third-order valence-electron chi connectivity index (χ3n) is 5.88. The number of anilines is 1. The van der Waals surface area contributed by atoms with E-state index in [1.54, 1.807) is 18.2 Å². The lowest BCUT2D eigenvalue weighted by molar-refractivity contribution is -0.133. The Bertz CT molecular complexity index is 990. The third-order valence-corrected chi connectivity index (χ3v) is 5.88. The average molecular weight is 394 g/mol. The number of urea groups is 1. The molecule has 9 heteroatoms. The van der Waals surface area contributed by atoms with Crippen molar-refractivity contribution in [3.8, 4) is 11.4 Å². The number of aromatic nitrogens is 3. The first kappa shape index (κ1) is 17.8. The van der Waals surface area contributed by atoms with Crippen LogP contribution in [0.4, 0.5) is 10.5 Å². The minimum atomic E-state index is -0.803. The molecule has 2 aromatic rings. The number of hydrogen-bond acceptors (Lipinski definition) is 5. The Morgan fingerprint density at radius 1 is 1.24 bits per heavy atom. The fraction of sp³-hybridized carbons (Fsp3) is 0.450. The minimum absolute atomic E-state index is 0.294. The maximum Gasteiger partial charge on any atom is 0.325 e. The summed E-state index contributed by atoms with van der Waals surface area (Å²) in [6.07, 6.45) is 5.35. The third kappa shape index (κ3) is 3.26. The zero-order chi connectivity index (χ0) is 20.0. The largest absolute Gasteiger partial charge is 0.325 e. The summed E-state index contributed by atoms with van der Waals surface area (Å²) in [6, 6.07) is 6.72. The lowest BCUT2D eigenvalue weighted by atomic mass is 9.98. The number of benzene rings is 1. The second-order valence-electron chi connectivity index (χ2n) is 8.06. The number of H-pyrrole nitrogens is 1. The van der Waals surface area contributed by atoms with Gasteiger partial charge in [-0.1, -0.05) is 25.0 Å². The van der Waals surface area contributed by atoms with Crippen molar-refractivity contribution < 1.29 is 14.4 Å². The van der Waals surface area contributed by atoms with E-state index in [4.69, 9.17) is 0 Å². The van der Waals surface area contributed by atoms with Crippen molar-refractivity contribution in [2.45, 2.75) is 50.0 Å². The molecule has 2 heterocycles. The van der Waals surface area contributed by atoms with Crippen LogP contribution in [-0.2, 0) is 9.59 Å². The Labute approximate surface area is 167 Å². The molecule has 1 aromatic carbocycles. The maximum atomic E-state index is 12.7. The predicted molar refractivity (Wildman–Crippen MR) is 104 cm³/mol. The molecule has 9 nitrogen and oxygen atoms in total. The molecule has 0 bridgehead atoms. The number of hydrogen-bond donors (Lipinski definition) is 3. The molecule has 1 saturated heterocycles. The van der Waals surface area contributed by atoms with Crippen LogP contribution in [0.3, 0.4) is 0 Å². The lowest BCUT2D eigenvalue weighted by Crippen LogP contribution is -2.44. The number of carbonyl (C=O) groups is 3. The molecular formula is C20H22N6O3. The summed E-state index contributed by atoms with van der Waals surface area (Å²) in [4.78, 5) is 42.9. The quantitative estimate of drug-likeness (QED) is 0.671. The maximum absolute atomic E-state index is 12.7. The summed E-state index contributed by atoms with van der Waals surface area (Å²) >= 11 is 0. The van der Waals surface area contributed by atoms with E-state index in [9.17, 15) is 14.4 Å². The van der Waals surface area contributed by atoms with Crippen LogP contribution in [0.2, 0.25) is 0 Å². The van der Waals surface area contributed by atoms with Gasteiger partial charge in [0.15, 0.2) is 5.82 Å². The van der Waals surface area contributed by atoms with Crippen LogP contribution in [0, 0.1) is 0 Å². The summed E-state index contributed by atoms with van der Waals surface area (Å²) in [5.41, 5.74) is 0.543. The highest BCUT2D eigenvalue weighted by Gasteiger charge is 2.52. The number of aromatic amines is 1. The van der Waals surface area contributed by atoms with E-state index in [2.05, 4.69) is 25.8 Å². The second kappa shape index (κ2) is 6.68. The molecule has 1 aliphatic heterocycles. The topological polar surface area (TPSA) is 120 Å². The van der Waals surface area contributed by atoms with Crippen LogP contribution in [0.1, 0.15) is 50.3 Å². The molecule has 0 atom stereocenters. The summed E-state index contributed by atoms with van der Waals surface area (Å²) in [6.45, 7) is -0.302. The molecule has 3 aliphatic rings. The van der Waals surface area contributed by atoms with Gasteiger partial charge in [-0.15, -0.1) is 0 Å². The van der Waals surface area contributed by atoms with Gasteiger partial charge in [0, 0.05) is 17.2 Å². The highest BCUT2D eigenvalue weighted by molar-refractivity contribution is 6.10. The van der Waals surface area contributed by atoms with Crippen LogP contribution in [-0.4, -0.2) is 50.0 Å². The van der Waals surface area contributed by atoms with Crippen LogP contribution < -0.4 is 10.6 Å². The normalized spacial score (nSPS) is 20.3. The van der Waals surface area contributed by atoms with Gasteiger partial charge in [0.2, 0.25) is 5.91 Å². The molecule has 5 rings (SSSR count). The highest BCUT2D eigenvalue weighted by Crippen LogP contribution is 2.38. The molecule has 2 saturated carbocycles. The average Bonchev–Trinajstić information content (AvgIpc) is 3.16. The first-order valence-electron chi connectivity index (χ1n) is 10.0. The van der Waals surface area contributed by atoms with Gasteiger partial charge in [-0.2, -0.15) is 5.10 Å². The van der Waals surface area contributed by atoms with Crippen LogP contribution in [0.15, 0.2) is 24.3 Å². The SMILES string of the molecule is O=C(CN1C(=O)NC2(CCCC2)C1=O)Nc1cccc(-c2n[nH]c(C3CC3)n2)c1. The van der Waals surface area contributed by atoms with E-state index in [1.807, 2.05) is 6.07 Å². The van der Waals surface area contributed by atoms with E-state index in [0.717, 1.165) is 42.0 Å². The molecule has 4 amide bonds. The Morgan fingerprint density at radius 3 is 2.79 bits per heavy atom. The van der Waals surface area contributed by atoms with E-state index in [1.165, 1.54) is 0 Å². The number of rotatable bonds is 5. The van der Waals surface area contributed by atoms with Gasteiger partial charge in [0.1, 0.15) is 17.9 Å². The van der Waals surface area contributed by atoms with Gasteiger partial charge < -0.3 is 10.6 Å². The number of nitrogens with zero attached hydrogens (tertiary/aromatic N) is 3. The summed E-state index contributed by atoms with van der Waals surface area (Å²) < 4.78 is 0. The van der Waals surface area contributed by atoms with Crippen molar-refractivity contribution in [1.82, 2.24) is 25.4 Å². The smallest absolute Gasteiger partial charge is 0.325 e. The standard InChI is InChI=1S/C20H22N6O3/c27-15(11-26-18(28)20(23-19(26)29)8-1-2-9-20)21-14-5-3-4-13(10-14)17-22-16(24-25-17)12-6-7-12/h3-5,10,12H,1-2,6-9,11H2,(H,21,27)(H,23,29)(H,22,24,25). The molecule has 0 radical (unpaired) electrons. The molecule has 2 aliphatic carbocycles. The molecule has 0 unspecified atom stereocenters. The lowest BCUT2D eigenvalue weighted by Gasteiger charge is -2.19. The monoisotopic (exact) mass is 394 g/mol. The van der Waals surface area contributed by atoms with E-state index < -0.39 is 17.5 Å². The van der Waals surface area contributed by atoms with Crippen molar-refractivity contribution in [3.05, 3.63) is 30.1 Å². The fourth-order valence-corrected chi connectivity index (χ4v) is 4.16. The first-order valence-corrected chi connectivity index (χ1v) is 10.0. The number of amides is 4. The zero-order valence-electron chi connectivity index (χ0n) is 15.9. The van der Waals surface area contributed by atoms with Gasteiger partial charge in [0.25, 0.3) is 5.91 Å². The van der Waals surface area contributed by atoms with Crippen LogP contribution >= 0.6 is 0 Å². The molecule has 3 fully saturated rings. The first-order chi connectivity index (χ1) is 14.0. The van der Waals surface area contributed by atoms with Crippen molar-refractivity contribution >= 4 is 23.5 Å². The van der Waals surface area contributed by atoms with Crippen molar-refractivity contribution in [2.24, 2.45) is 0 Å². The summed E-state index contributed by atoms with van der Waals surface area (Å²) in [5.74, 6) is 1.24. The minimum Gasteiger partial charge on any atom is -0.325 e.